The summed E-state index contributed by atoms with van der Waals surface area (Å²) in [6.45, 7) is 6.68. The molecule has 0 bridgehead atoms. The molecule has 0 aromatic heterocycles. The van der Waals surface area contributed by atoms with Crippen LogP contribution in [0.5, 0.6) is 0 Å². The molecule has 0 aromatic rings. The monoisotopic (exact) mass is 1080 g/mol. The van der Waals surface area contributed by atoms with Crippen LogP contribution in [-0.4, -0.2) is 37.2 Å². The molecule has 0 aliphatic heterocycles. The van der Waals surface area contributed by atoms with Gasteiger partial charge >= 0.3 is 17.9 Å². The second-order valence-corrected chi connectivity index (χ2v) is 23.1. The summed E-state index contributed by atoms with van der Waals surface area (Å²) in [6.07, 6.45) is 82.7. The molecule has 0 amide bonds. The minimum atomic E-state index is -0.773. The summed E-state index contributed by atoms with van der Waals surface area (Å²) in [7, 11) is 0. The van der Waals surface area contributed by atoms with Crippen LogP contribution in [0.4, 0.5) is 0 Å². The second kappa shape index (κ2) is 65.9. The highest BCUT2D eigenvalue weighted by Gasteiger charge is 2.19. The molecule has 0 spiro atoms. The first-order valence-electron chi connectivity index (χ1n) is 34.1. The van der Waals surface area contributed by atoms with E-state index in [9.17, 15) is 14.4 Å². The van der Waals surface area contributed by atoms with Crippen LogP contribution >= 0.6 is 0 Å². The van der Waals surface area contributed by atoms with E-state index in [4.69, 9.17) is 14.2 Å². The van der Waals surface area contributed by atoms with Crippen molar-refractivity contribution in [3.05, 3.63) is 48.6 Å². The molecule has 0 saturated heterocycles. The van der Waals surface area contributed by atoms with Crippen LogP contribution in [0.25, 0.3) is 0 Å². The normalized spacial score (nSPS) is 12.3. The molecule has 0 fully saturated rings. The van der Waals surface area contributed by atoms with Crippen LogP contribution in [0.3, 0.4) is 0 Å². The molecule has 6 heteroatoms. The van der Waals surface area contributed by atoms with Crippen molar-refractivity contribution in [2.45, 2.75) is 374 Å². The van der Waals surface area contributed by atoms with E-state index in [1.807, 2.05) is 0 Å². The van der Waals surface area contributed by atoms with Crippen LogP contribution in [0.1, 0.15) is 367 Å². The average molecular weight is 1080 g/mol. The Morgan fingerprint density at radius 3 is 0.740 bits per heavy atom. The maximum Gasteiger partial charge on any atom is 0.306 e. The van der Waals surface area contributed by atoms with Crippen LogP contribution in [-0.2, 0) is 28.6 Å². The Bertz CT molecular complexity index is 1330. The van der Waals surface area contributed by atoms with Gasteiger partial charge < -0.3 is 14.2 Å². The van der Waals surface area contributed by atoms with E-state index in [1.165, 1.54) is 257 Å². The Labute approximate surface area is 479 Å². The van der Waals surface area contributed by atoms with E-state index < -0.39 is 6.10 Å². The largest absolute Gasteiger partial charge is 0.462 e. The van der Waals surface area contributed by atoms with Crippen LogP contribution in [0, 0.1) is 0 Å². The molecule has 0 aliphatic carbocycles. The molecule has 0 radical (unpaired) electrons. The van der Waals surface area contributed by atoms with Gasteiger partial charge in [-0.15, -0.1) is 0 Å². The molecule has 1 atom stereocenters. The standard InChI is InChI=1S/C71H130O6/c1-4-7-10-13-16-19-22-25-27-29-31-32-33-34-35-36-37-38-40-41-43-46-49-52-55-58-61-64-70(73)76-67-68(66-75-69(72)63-60-57-54-51-48-45-24-21-18-15-12-9-6-3)77-71(74)65-62-59-56-53-50-47-44-42-39-30-28-26-23-20-17-14-11-8-5-2/h22,25-26,28-29,31,33-34,68H,4-21,23-24,27,30,32,35-67H2,1-3H3/b25-22-,28-26-,31-29-,34-33-. The summed E-state index contributed by atoms with van der Waals surface area (Å²) in [5.74, 6) is -0.850. The topological polar surface area (TPSA) is 78.9 Å². The fraction of sp³-hybridized carbons (Fsp3) is 0.845. The summed E-state index contributed by atoms with van der Waals surface area (Å²) in [4.78, 5) is 38.4. The number of unbranched alkanes of at least 4 members (excludes halogenated alkanes) is 44. The highest BCUT2D eigenvalue weighted by atomic mass is 16.6. The van der Waals surface area contributed by atoms with Gasteiger partial charge in [-0.3, -0.25) is 14.4 Å². The van der Waals surface area contributed by atoms with Crippen molar-refractivity contribution in [1.82, 2.24) is 0 Å². The zero-order chi connectivity index (χ0) is 55.7. The molecule has 0 heterocycles. The first kappa shape index (κ1) is 74.4. The summed E-state index contributed by atoms with van der Waals surface area (Å²) in [5, 5.41) is 0. The quantitative estimate of drug-likeness (QED) is 0.0261. The van der Waals surface area contributed by atoms with E-state index in [0.29, 0.717) is 19.3 Å². The van der Waals surface area contributed by atoms with Gasteiger partial charge in [-0.1, -0.05) is 313 Å². The molecule has 77 heavy (non-hydrogen) atoms. The van der Waals surface area contributed by atoms with Gasteiger partial charge in [0.05, 0.1) is 0 Å². The molecule has 0 saturated carbocycles. The summed E-state index contributed by atoms with van der Waals surface area (Å²) in [5.41, 5.74) is 0. The SMILES string of the molecule is CCCCCCC/C=C\C/C=C\C/C=C\CCCCCCCCCCCCCCC(=O)OCC(COC(=O)CCCCCCCCCCCCCCC)OC(=O)CCCCCCCCCCC/C=C\CCCCCCCC. The number of rotatable bonds is 63. The summed E-state index contributed by atoms with van der Waals surface area (Å²) < 4.78 is 17.0. The molecule has 450 valence electrons. The van der Waals surface area contributed by atoms with E-state index in [1.54, 1.807) is 0 Å². The Balaban J connectivity index is 4.25. The smallest absolute Gasteiger partial charge is 0.306 e. The van der Waals surface area contributed by atoms with Gasteiger partial charge in [-0.05, 0) is 83.5 Å². The average Bonchev–Trinajstić information content (AvgIpc) is 3.43. The number of ether oxygens (including phenoxy) is 3. The predicted octanol–water partition coefficient (Wildman–Crippen LogP) is 23.3. The second-order valence-electron chi connectivity index (χ2n) is 23.1. The number of esters is 3. The maximum atomic E-state index is 12.9. The van der Waals surface area contributed by atoms with Crippen molar-refractivity contribution >= 4 is 17.9 Å². The third-order valence-corrected chi connectivity index (χ3v) is 15.3. The lowest BCUT2D eigenvalue weighted by atomic mass is 10.0. The first-order valence-corrected chi connectivity index (χ1v) is 34.1. The molecule has 6 nitrogen and oxygen atoms in total. The van der Waals surface area contributed by atoms with Crippen molar-refractivity contribution in [2.24, 2.45) is 0 Å². The molecule has 1 unspecified atom stereocenters. The minimum Gasteiger partial charge on any atom is -0.462 e. The fourth-order valence-corrected chi connectivity index (χ4v) is 10.2. The Morgan fingerprint density at radius 1 is 0.260 bits per heavy atom. The van der Waals surface area contributed by atoms with Crippen LogP contribution in [0.15, 0.2) is 48.6 Å². The van der Waals surface area contributed by atoms with Crippen molar-refractivity contribution in [1.29, 1.82) is 0 Å². The van der Waals surface area contributed by atoms with Gasteiger partial charge in [-0.25, -0.2) is 0 Å². The zero-order valence-electron chi connectivity index (χ0n) is 51.7. The van der Waals surface area contributed by atoms with Crippen LogP contribution in [0.2, 0.25) is 0 Å². The Hall–Kier alpha value is -2.63. The van der Waals surface area contributed by atoms with E-state index >= 15 is 0 Å². The number of allylic oxidation sites excluding steroid dienone is 8. The fourth-order valence-electron chi connectivity index (χ4n) is 10.2. The molecule has 0 aliphatic rings. The predicted molar refractivity (Wildman–Crippen MR) is 335 cm³/mol. The van der Waals surface area contributed by atoms with E-state index in [2.05, 4.69) is 69.4 Å². The van der Waals surface area contributed by atoms with Crippen LogP contribution < -0.4 is 0 Å². The number of carbonyl (C=O) groups is 3. The third-order valence-electron chi connectivity index (χ3n) is 15.3. The lowest BCUT2D eigenvalue weighted by molar-refractivity contribution is -0.167. The van der Waals surface area contributed by atoms with Gasteiger partial charge in [0.25, 0.3) is 0 Å². The molecule has 0 aromatic carbocycles. The van der Waals surface area contributed by atoms with Crippen molar-refractivity contribution in [2.75, 3.05) is 13.2 Å². The van der Waals surface area contributed by atoms with E-state index in [0.717, 1.165) is 70.6 Å². The number of hydrogen-bond donors (Lipinski definition) is 0. The van der Waals surface area contributed by atoms with Gasteiger partial charge in [-0.2, -0.15) is 0 Å². The minimum absolute atomic E-state index is 0.0698. The van der Waals surface area contributed by atoms with Gasteiger partial charge in [0.2, 0.25) is 0 Å². The Morgan fingerprint density at radius 2 is 0.468 bits per heavy atom. The van der Waals surface area contributed by atoms with Crippen molar-refractivity contribution < 1.29 is 28.6 Å². The van der Waals surface area contributed by atoms with Crippen molar-refractivity contribution in [3.63, 3.8) is 0 Å². The highest BCUT2D eigenvalue weighted by molar-refractivity contribution is 5.71. The lowest BCUT2D eigenvalue weighted by Crippen LogP contribution is -2.30. The highest BCUT2D eigenvalue weighted by Crippen LogP contribution is 2.17. The van der Waals surface area contributed by atoms with E-state index in [-0.39, 0.29) is 31.1 Å². The molecule has 0 rings (SSSR count). The Kier molecular flexibility index (Phi) is 63.6. The van der Waals surface area contributed by atoms with Gasteiger partial charge in [0, 0.05) is 19.3 Å². The molecule has 0 N–H and O–H groups in total. The summed E-state index contributed by atoms with van der Waals surface area (Å²) >= 11 is 0. The number of hydrogen-bond acceptors (Lipinski definition) is 6. The molecular weight excluding hydrogens is 949 g/mol. The third kappa shape index (κ3) is 64.1. The lowest BCUT2D eigenvalue weighted by Gasteiger charge is -2.18. The first-order chi connectivity index (χ1) is 38.0. The molecular formula is C71H130O6. The van der Waals surface area contributed by atoms with Crippen molar-refractivity contribution in [3.8, 4) is 0 Å². The zero-order valence-corrected chi connectivity index (χ0v) is 51.7. The summed E-state index contributed by atoms with van der Waals surface area (Å²) in [6, 6.07) is 0. The van der Waals surface area contributed by atoms with Gasteiger partial charge in [0.15, 0.2) is 6.10 Å². The maximum absolute atomic E-state index is 12.9. The number of carbonyl (C=O) groups excluding carboxylic acids is 3. The van der Waals surface area contributed by atoms with Gasteiger partial charge in [0.1, 0.15) is 13.2 Å².